The average Bonchev–Trinajstić information content (AvgIpc) is 3.61. The van der Waals surface area contributed by atoms with Gasteiger partial charge in [-0.2, -0.15) is 5.10 Å². The summed E-state index contributed by atoms with van der Waals surface area (Å²) in [6, 6.07) is 10.5. The van der Waals surface area contributed by atoms with Crippen LogP contribution in [0.4, 0.5) is 14.6 Å². The first-order chi connectivity index (χ1) is 20.5. The minimum Gasteiger partial charge on any atom is -0.383 e. The molecule has 1 aliphatic carbocycles. The molecule has 0 spiro atoms. The Morgan fingerprint density at radius 2 is 1.69 bits per heavy atom. The maximum Gasteiger partial charge on any atom is 0.164 e. The molecule has 3 N–H and O–H groups in total. The van der Waals surface area contributed by atoms with E-state index in [4.69, 9.17) is 10.8 Å². The number of fused-ring (bicyclic) bond motifs is 2. The van der Waals surface area contributed by atoms with E-state index in [1.54, 1.807) is 0 Å². The smallest absolute Gasteiger partial charge is 0.164 e. The van der Waals surface area contributed by atoms with Crippen molar-refractivity contribution in [1.29, 1.82) is 0 Å². The molecule has 3 aromatic heterocycles. The second-order valence-electron chi connectivity index (χ2n) is 11.5. The summed E-state index contributed by atoms with van der Waals surface area (Å²) in [6.45, 7) is 7.97. The van der Waals surface area contributed by atoms with Crippen LogP contribution in [-0.4, -0.2) is 78.3 Å². The molecule has 0 unspecified atom stereocenters. The fourth-order valence-corrected chi connectivity index (χ4v) is 6.72. The topological polar surface area (TPSA) is 105 Å². The van der Waals surface area contributed by atoms with Crippen LogP contribution in [0.25, 0.3) is 33.3 Å². The van der Waals surface area contributed by atoms with Gasteiger partial charge in [-0.15, -0.1) is 0 Å². The fraction of sp³-hybridized carbons (Fsp3) is 0.419. The number of anilines is 1. The van der Waals surface area contributed by atoms with Crippen molar-refractivity contribution in [3.05, 3.63) is 65.7 Å². The highest BCUT2D eigenvalue weighted by Gasteiger charge is 2.31. The van der Waals surface area contributed by atoms with Crippen LogP contribution in [0.3, 0.4) is 0 Å². The van der Waals surface area contributed by atoms with Gasteiger partial charge >= 0.3 is 0 Å². The van der Waals surface area contributed by atoms with Gasteiger partial charge in [0.15, 0.2) is 5.65 Å². The average molecular weight is 572 g/mol. The van der Waals surface area contributed by atoms with Crippen molar-refractivity contribution < 1.29 is 8.78 Å². The normalized spacial score (nSPS) is 20.5. The number of piperazine rings is 1. The van der Waals surface area contributed by atoms with Gasteiger partial charge in [0.1, 0.15) is 35.3 Å². The Morgan fingerprint density at radius 1 is 0.952 bits per heavy atom. The number of nitrogens with two attached hydrogens (primary N) is 1. The zero-order valence-electron chi connectivity index (χ0n) is 23.7. The number of H-pyrrole nitrogens is 1. The third kappa shape index (κ3) is 4.90. The molecule has 0 bridgehead atoms. The SMILES string of the molecule is CCN1CCN(C2CCC(n3nc(-c4ccc5[nH]c(Cc6c(F)cccc6F)nc5c4)c4c(N)ncnc43)CC2)CC1. The van der Waals surface area contributed by atoms with Crippen LogP contribution in [0.5, 0.6) is 0 Å². The summed E-state index contributed by atoms with van der Waals surface area (Å²) in [5.74, 6) is -0.299. The molecule has 4 heterocycles. The van der Waals surface area contributed by atoms with Gasteiger partial charge in [-0.3, -0.25) is 4.90 Å². The third-order valence-corrected chi connectivity index (χ3v) is 9.11. The minimum absolute atomic E-state index is 0.00983. The molecule has 7 rings (SSSR count). The summed E-state index contributed by atoms with van der Waals surface area (Å²) in [4.78, 5) is 21.9. The van der Waals surface area contributed by atoms with Crippen LogP contribution >= 0.6 is 0 Å². The molecule has 2 aliphatic rings. The maximum absolute atomic E-state index is 14.2. The molecule has 11 heteroatoms. The number of rotatable bonds is 6. The van der Waals surface area contributed by atoms with Crippen LogP contribution < -0.4 is 5.73 Å². The zero-order valence-corrected chi connectivity index (χ0v) is 23.7. The molecule has 0 amide bonds. The van der Waals surface area contributed by atoms with E-state index >= 15 is 0 Å². The molecule has 1 saturated heterocycles. The molecule has 1 aliphatic heterocycles. The van der Waals surface area contributed by atoms with E-state index in [-0.39, 0.29) is 18.0 Å². The van der Waals surface area contributed by atoms with Crippen molar-refractivity contribution in [2.24, 2.45) is 0 Å². The number of benzene rings is 2. The molecule has 5 aromatic rings. The maximum atomic E-state index is 14.2. The van der Waals surface area contributed by atoms with Gasteiger partial charge in [0.2, 0.25) is 0 Å². The molecular weight excluding hydrogens is 536 g/mol. The van der Waals surface area contributed by atoms with Crippen molar-refractivity contribution in [3.8, 4) is 11.3 Å². The van der Waals surface area contributed by atoms with E-state index in [9.17, 15) is 8.78 Å². The second-order valence-corrected chi connectivity index (χ2v) is 11.5. The summed E-state index contributed by atoms with van der Waals surface area (Å²) in [5.41, 5.74) is 10.1. The minimum atomic E-state index is -0.586. The van der Waals surface area contributed by atoms with Crippen LogP contribution in [0.1, 0.15) is 50.0 Å². The van der Waals surface area contributed by atoms with E-state index in [1.165, 1.54) is 24.5 Å². The summed E-state index contributed by atoms with van der Waals surface area (Å²) in [5, 5.41) is 5.82. The molecular formula is C31H35F2N9. The van der Waals surface area contributed by atoms with Gasteiger partial charge in [-0.05, 0) is 56.5 Å². The number of nitrogens with one attached hydrogen (secondary N) is 1. The van der Waals surface area contributed by atoms with Crippen molar-refractivity contribution in [1.82, 2.24) is 39.5 Å². The Balaban J connectivity index is 1.16. The first kappa shape index (κ1) is 26.9. The number of imidazole rings is 1. The van der Waals surface area contributed by atoms with Crippen LogP contribution in [0, 0.1) is 11.6 Å². The molecule has 2 aromatic carbocycles. The van der Waals surface area contributed by atoms with E-state index in [0.29, 0.717) is 28.9 Å². The Kier molecular flexibility index (Phi) is 7.07. The molecule has 1 saturated carbocycles. The summed E-state index contributed by atoms with van der Waals surface area (Å²) in [6.07, 6.45) is 5.87. The van der Waals surface area contributed by atoms with E-state index < -0.39 is 11.6 Å². The lowest BCUT2D eigenvalue weighted by atomic mass is 9.90. The largest absolute Gasteiger partial charge is 0.383 e. The number of likely N-dealkylation sites (N-methyl/N-ethyl adjacent to an activating group) is 1. The van der Waals surface area contributed by atoms with Gasteiger partial charge in [0.25, 0.3) is 0 Å². The lowest BCUT2D eigenvalue weighted by Crippen LogP contribution is -2.51. The lowest BCUT2D eigenvalue weighted by molar-refractivity contribution is 0.0732. The molecule has 0 atom stereocenters. The lowest BCUT2D eigenvalue weighted by Gasteiger charge is -2.41. The number of hydrogen-bond donors (Lipinski definition) is 2. The molecule has 0 radical (unpaired) electrons. The fourth-order valence-electron chi connectivity index (χ4n) is 6.72. The van der Waals surface area contributed by atoms with Gasteiger partial charge in [0.05, 0.1) is 22.5 Å². The van der Waals surface area contributed by atoms with Crippen LogP contribution in [-0.2, 0) is 6.42 Å². The van der Waals surface area contributed by atoms with Crippen LogP contribution in [0.15, 0.2) is 42.7 Å². The summed E-state index contributed by atoms with van der Waals surface area (Å²) in [7, 11) is 0. The van der Waals surface area contributed by atoms with Gasteiger partial charge in [-0.25, -0.2) is 28.4 Å². The number of nitrogens with zero attached hydrogens (tertiary/aromatic N) is 7. The second kappa shape index (κ2) is 11.0. The van der Waals surface area contributed by atoms with Crippen molar-refractivity contribution in [3.63, 3.8) is 0 Å². The van der Waals surface area contributed by atoms with Crippen molar-refractivity contribution >= 4 is 27.9 Å². The van der Waals surface area contributed by atoms with Gasteiger partial charge in [-0.1, -0.05) is 19.1 Å². The predicted octanol–water partition coefficient (Wildman–Crippen LogP) is 4.94. The number of halogens is 2. The zero-order chi connectivity index (χ0) is 28.8. The Bertz CT molecular complexity index is 1710. The Labute approximate surface area is 242 Å². The van der Waals surface area contributed by atoms with Gasteiger partial charge in [0, 0.05) is 49.8 Å². The third-order valence-electron chi connectivity index (χ3n) is 9.11. The number of hydrogen-bond acceptors (Lipinski definition) is 7. The molecule has 42 heavy (non-hydrogen) atoms. The predicted molar refractivity (Wildman–Crippen MR) is 159 cm³/mol. The number of nitrogen functional groups attached to an aromatic ring is 1. The molecule has 2 fully saturated rings. The molecule has 218 valence electrons. The van der Waals surface area contributed by atoms with E-state index in [0.717, 1.165) is 80.5 Å². The monoisotopic (exact) mass is 571 g/mol. The summed E-state index contributed by atoms with van der Waals surface area (Å²) < 4.78 is 30.5. The highest BCUT2D eigenvalue weighted by molar-refractivity contribution is 5.99. The van der Waals surface area contributed by atoms with Crippen molar-refractivity contribution in [2.75, 3.05) is 38.5 Å². The first-order valence-electron chi connectivity index (χ1n) is 14.9. The first-order valence-corrected chi connectivity index (χ1v) is 14.9. The molecule has 9 nitrogen and oxygen atoms in total. The van der Waals surface area contributed by atoms with Crippen LogP contribution in [0.2, 0.25) is 0 Å². The number of aromatic amines is 1. The standard InChI is InChI=1S/C31H35F2N9/c1-2-40-12-14-41(15-13-40)20-7-9-21(10-8-20)42-31-28(30(34)35-18-36-31)29(39-42)19-6-11-25-26(16-19)38-27(37-25)17-22-23(32)4-3-5-24(22)33/h3-6,11,16,18,20-21H,2,7-10,12-15,17H2,1H3,(H,37,38)(H2,34,35,36). The van der Waals surface area contributed by atoms with E-state index in [2.05, 4.69) is 41.3 Å². The van der Waals surface area contributed by atoms with E-state index in [1.807, 2.05) is 18.2 Å². The quantitative estimate of drug-likeness (QED) is 0.297. The van der Waals surface area contributed by atoms with Crippen molar-refractivity contribution in [2.45, 2.75) is 51.1 Å². The van der Waals surface area contributed by atoms with Gasteiger partial charge < -0.3 is 15.6 Å². The summed E-state index contributed by atoms with van der Waals surface area (Å²) >= 11 is 0. The highest BCUT2D eigenvalue weighted by atomic mass is 19.1. The number of aromatic nitrogens is 6. The Hall–Kier alpha value is -3.96. The highest BCUT2D eigenvalue weighted by Crippen LogP contribution is 2.37. The Morgan fingerprint density at radius 3 is 2.43 bits per heavy atom.